The molecule has 2 aromatic rings. The molecule has 2 aliphatic rings. The van der Waals surface area contributed by atoms with Gasteiger partial charge in [0.1, 0.15) is 5.82 Å². The number of carbonyl (C=O) groups is 1. The molecular weight excluding hydrogens is 530 g/mol. The number of carbonyl (C=O) groups excluding carboxylic acids is 1. The molecule has 2 fully saturated rings. The molecule has 12 heteroatoms. The predicted octanol–water partition coefficient (Wildman–Crippen LogP) is 3.15. The van der Waals surface area contributed by atoms with Crippen molar-refractivity contribution in [3.05, 3.63) is 54.3 Å². The summed E-state index contributed by atoms with van der Waals surface area (Å²) in [5.41, 5.74) is 3.60. The summed E-state index contributed by atoms with van der Waals surface area (Å²) in [6, 6.07) is 14.4. The number of hydroxylamine groups is 1. The molecule has 200 valence electrons. The minimum absolute atomic E-state index is 0. The molecule has 8 nitrogen and oxygen atoms in total. The molecule has 0 spiro atoms. The van der Waals surface area contributed by atoms with Crippen molar-refractivity contribution < 1.29 is 22.8 Å². The van der Waals surface area contributed by atoms with Crippen molar-refractivity contribution >= 4 is 46.4 Å². The largest absolute Gasteiger partial charge is 0.369 e. The lowest BCUT2D eigenvalue weighted by molar-refractivity contribution is -0.133. The third-order valence-electron chi connectivity index (χ3n) is 7.10. The van der Waals surface area contributed by atoms with Gasteiger partial charge in [-0.25, -0.2) is 18.3 Å². The fraction of sp³-hybridized carbons (Fsp3) is 0.458. The predicted molar refractivity (Wildman–Crippen MR) is 143 cm³/mol. The number of nitrogens with zero attached hydrogens (tertiary/aromatic N) is 3. The molecule has 4 rings (SSSR count). The van der Waals surface area contributed by atoms with E-state index in [2.05, 4.69) is 4.90 Å². The average molecular weight is 564 g/mol. The Morgan fingerprint density at radius 1 is 1.00 bits per heavy atom. The van der Waals surface area contributed by atoms with Crippen molar-refractivity contribution in [2.24, 2.45) is 0 Å². The normalized spacial score (nSPS) is 18.6. The maximum absolute atomic E-state index is 14.8. The molecule has 0 bridgehead atoms. The maximum Gasteiger partial charge on any atom is 0.266 e. The first-order valence-electron chi connectivity index (χ1n) is 11.6. The highest BCUT2D eigenvalue weighted by Gasteiger charge is 2.54. The second-order valence-electron chi connectivity index (χ2n) is 8.79. The molecular formula is C24H33Cl2FN4O4S. The molecule has 0 atom stereocenters. The van der Waals surface area contributed by atoms with Crippen LogP contribution in [0.15, 0.2) is 48.5 Å². The molecule has 2 aromatic carbocycles. The first-order chi connectivity index (χ1) is 16.3. The Labute approximate surface area is 224 Å². The lowest BCUT2D eigenvalue weighted by Crippen LogP contribution is -2.63. The number of sulfonamides is 1. The molecule has 2 saturated heterocycles. The van der Waals surface area contributed by atoms with Gasteiger partial charge in [-0.05, 0) is 43.1 Å². The maximum atomic E-state index is 14.8. The van der Waals surface area contributed by atoms with Crippen molar-refractivity contribution in [2.45, 2.75) is 24.5 Å². The molecule has 0 aliphatic carbocycles. The molecule has 0 aromatic heterocycles. The Kier molecular flexibility index (Phi) is 10.5. The van der Waals surface area contributed by atoms with Crippen molar-refractivity contribution in [3.63, 3.8) is 0 Å². The number of amides is 1. The summed E-state index contributed by atoms with van der Waals surface area (Å²) in [7, 11) is -4.01. The summed E-state index contributed by atoms with van der Waals surface area (Å²) in [5.74, 6) is -1.20. The highest BCUT2D eigenvalue weighted by atomic mass is 35.5. The van der Waals surface area contributed by atoms with Crippen LogP contribution in [-0.4, -0.2) is 79.3 Å². The van der Waals surface area contributed by atoms with Gasteiger partial charge in [-0.2, -0.15) is 4.31 Å². The summed E-state index contributed by atoms with van der Waals surface area (Å²) in [6.45, 7) is 4.82. The standard InChI is InChI=1S/C24H31FN4O4S.2ClH/c1-2-27-12-10-24(11-13-27,23(30)26-31)34(32,33)29-16-14-28(15-17-29)20-8-9-21(22(25)18-20)19-6-4-3-5-7-19;;/h3-9,18,31H,2,10-17H2,1H3,(H,26,30);2*1H. The van der Waals surface area contributed by atoms with Gasteiger partial charge in [0.25, 0.3) is 5.91 Å². The fourth-order valence-corrected chi connectivity index (χ4v) is 7.04. The van der Waals surface area contributed by atoms with Gasteiger partial charge in [-0.3, -0.25) is 10.0 Å². The van der Waals surface area contributed by atoms with Crippen LogP contribution in [0, 0.1) is 5.82 Å². The summed E-state index contributed by atoms with van der Waals surface area (Å²) in [5, 5.41) is 9.32. The molecule has 2 heterocycles. The Balaban J connectivity index is 0.00000228. The van der Waals surface area contributed by atoms with Gasteiger partial charge < -0.3 is 9.80 Å². The molecule has 2 N–H and O–H groups in total. The van der Waals surface area contributed by atoms with Crippen molar-refractivity contribution in [1.29, 1.82) is 0 Å². The summed E-state index contributed by atoms with van der Waals surface area (Å²) >= 11 is 0. The average Bonchev–Trinajstić information content (AvgIpc) is 2.88. The van der Waals surface area contributed by atoms with Crippen LogP contribution in [0.1, 0.15) is 19.8 Å². The van der Waals surface area contributed by atoms with Gasteiger partial charge in [0, 0.05) is 50.5 Å². The molecule has 0 saturated carbocycles. The lowest BCUT2D eigenvalue weighted by Gasteiger charge is -2.44. The molecule has 1 amide bonds. The van der Waals surface area contributed by atoms with Crippen LogP contribution in [0.3, 0.4) is 0 Å². The molecule has 0 unspecified atom stereocenters. The van der Waals surface area contributed by atoms with E-state index in [1.54, 1.807) is 11.5 Å². The fourth-order valence-electron chi connectivity index (χ4n) is 4.92. The van der Waals surface area contributed by atoms with E-state index in [-0.39, 0.29) is 56.6 Å². The number of piperazine rings is 1. The second-order valence-corrected chi connectivity index (χ2v) is 11.0. The highest BCUT2D eigenvalue weighted by Crippen LogP contribution is 2.35. The monoisotopic (exact) mass is 562 g/mol. The van der Waals surface area contributed by atoms with Gasteiger partial charge in [0.05, 0.1) is 0 Å². The highest BCUT2D eigenvalue weighted by molar-refractivity contribution is 7.91. The number of benzene rings is 2. The minimum atomic E-state index is -4.01. The van der Waals surface area contributed by atoms with E-state index in [4.69, 9.17) is 0 Å². The van der Waals surface area contributed by atoms with E-state index in [0.29, 0.717) is 37.4 Å². The summed E-state index contributed by atoms with van der Waals surface area (Å²) < 4.78 is 41.7. The molecule has 36 heavy (non-hydrogen) atoms. The van der Waals surface area contributed by atoms with E-state index < -0.39 is 20.7 Å². The number of rotatable bonds is 6. The van der Waals surface area contributed by atoms with Crippen LogP contribution in [0.4, 0.5) is 10.1 Å². The van der Waals surface area contributed by atoms with Gasteiger partial charge in [-0.1, -0.05) is 37.3 Å². The Bertz CT molecular complexity index is 1120. The third-order valence-corrected chi connectivity index (χ3v) is 9.73. The summed E-state index contributed by atoms with van der Waals surface area (Å²) in [6.07, 6.45) is 0.254. The Morgan fingerprint density at radius 2 is 1.61 bits per heavy atom. The first kappa shape index (κ1) is 30.3. The van der Waals surface area contributed by atoms with Crippen molar-refractivity contribution in [3.8, 4) is 11.1 Å². The van der Waals surface area contributed by atoms with Crippen LogP contribution in [0.2, 0.25) is 0 Å². The third kappa shape index (κ3) is 5.64. The number of anilines is 1. The van der Waals surface area contributed by atoms with Crippen LogP contribution in [-0.2, 0) is 14.8 Å². The zero-order valence-electron chi connectivity index (χ0n) is 20.1. The van der Waals surface area contributed by atoms with E-state index in [1.807, 2.05) is 48.2 Å². The minimum Gasteiger partial charge on any atom is -0.369 e. The van der Waals surface area contributed by atoms with Gasteiger partial charge in [-0.15, -0.1) is 24.8 Å². The van der Waals surface area contributed by atoms with Crippen molar-refractivity contribution in [2.75, 3.05) is 50.7 Å². The zero-order chi connectivity index (χ0) is 24.3. The van der Waals surface area contributed by atoms with Crippen LogP contribution < -0.4 is 10.4 Å². The number of nitrogens with one attached hydrogen (secondary N) is 1. The Hall–Kier alpha value is -1.95. The quantitative estimate of drug-likeness (QED) is 0.415. The number of halogens is 3. The van der Waals surface area contributed by atoms with Crippen molar-refractivity contribution in [1.82, 2.24) is 14.7 Å². The van der Waals surface area contributed by atoms with Crippen LogP contribution in [0.25, 0.3) is 11.1 Å². The van der Waals surface area contributed by atoms with Gasteiger partial charge in [0.2, 0.25) is 10.0 Å². The van der Waals surface area contributed by atoms with E-state index >= 15 is 0 Å². The number of likely N-dealkylation sites (tertiary alicyclic amines) is 1. The van der Waals surface area contributed by atoms with Gasteiger partial charge in [0.15, 0.2) is 4.75 Å². The molecule has 0 radical (unpaired) electrons. The van der Waals surface area contributed by atoms with E-state index in [9.17, 15) is 22.8 Å². The summed E-state index contributed by atoms with van der Waals surface area (Å²) in [4.78, 5) is 16.6. The second kappa shape index (κ2) is 12.5. The van der Waals surface area contributed by atoms with Crippen LogP contribution in [0.5, 0.6) is 0 Å². The number of hydrogen-bond donors (Lipinski definition) is 2. The first-order valence-corrected chi connectivity index (χ1v) is 13.0. The van der Waals surface area contributed by atoms with Gasteiger partial charge >= 0.3 is 0 Å². The SMILES string of the molecule is CCN1CCC(C(=O)NO)(S(=O)(=O)N2CCN(c3ccc(-c4ccccc4)c(F)c3)CC2)CC1.Cl.Cl. The zero-order valence-corrected chi connectivity index (χ0v) is 22.5. The molecule has 2 aliphatic heterocycles. The lowest BCUT2D eigenvalue weighted by atomic mass is 9.95. The smallest absolute Gasteiger partial charge is 0.266 e. The topological polar surface area (TPSA) is 93.2 Å². The number of piperidine rings is 1. The van der Waals surface area contributed by atoms with E-state index in [0.717, 1.165) is 12.1 Å². The Morgan fingerprint density at radius 3 is 2.14 bits per heavy atom. The van der Waals surface area contributed by atoms with Crippen LogP contribution >= 0.6 is 24.8 Å². The number of hydrogen-bond acceptors (Lipinski definition) is 6. The van der Waals surface area contributed by atoms with E-state index in [1.165, 1.54) is 10.4 Å².